The third-order valence-corrected chi connectivity index (χ3v) is 12.2. The molecule has 0 saturated carbocycles. The second-order valence-electron chi connectivity index (χ2n) is 15.7. The van der Waals surface area contributed by atoms with Gasteiger partial charge in [0.05, 0.1) is 0 Å². The molecule has 1 nitrogen and oxygen atoms in total. The summed E-state index contributed by atoms with van der Waals surface area (Å²) in [4.78, 5) is 2.43. The smallest absolute Gasteiger partial charge is 0.0467 e. The van der Waals surface area contributed by atoms with Crippen LogP contribution in [0.5, 0.6) is 0 Å². The number of anilines is 3. The Bertz CT molecular complexity index is 3160. The molecular weight excluding hydrogens is 675 g/mol. The molecule has 0 N–H and O–H groups in total. The Labute approximate surface area is 327 Å². The maximum Gasteiger partial charge on any atom is 0.0467 e. The van der Waals surface area contributed by atoms with Gasteiger partial charge in [-0.3, -0.25) is 0 Å². The van der Waals surface area contributed by atoms with Crippen molar-refractivity contribution in [2.45, 2.75) is 19.3 Å². The van der Waals surface area contributed by atoms with E-state index in [0.717, 1.165) is 17.1 Å². The molecule has 0 aliphatic heterocycles. The van der Waals surface area contributed by atoms with Gasteiger partial charge in [-0.2, -0.15) is 0 Å². The van der Waals surface area contributed by atoms with Crippen LogP contribution in [-0.4, -0.2) is 0 Å². The van der Waals surface area contributed by atoms with Gasteiger partial charge in [-0.1, -0.05) is 178 Å². The van der Waals surface area contributed by atoms with E-state index < -0.39 is 0 Å². The topological polar surface area (TPSA) is 3.24 Å². The molecule has 11 rings (SSSR count). The minimum Gasteiger partial charge on any atom is -0.310 e. The summed E-state index contributed by atoms with van der Waals surface area (Å²) < 4.78 is 0. The highest BCUT2D eigenvalue weighted by Crippen LogP contribution is 2.51. The molecule has 0 aromatic heterocycles. The minimum atomic E-state index is -0.108. The van der Waals surface area contributed by atoms with E-state index in [1.54, 1.807) is 0 Å². The SMILES string of the molecule is CC1(C)c2ccccc2-c2ccc(N(c3ccc(-c4cccc5ccc6ccc7ccccc7c6c45)cc3)c3cccc(-c4cccc5ccccc45)c3)cc21. The third-order valence-electron chi connectivity index (χ3n) is 12.2. The van der Waals surface area contributed by atoms with Gasteiger partial charge in [-0.15, -0.1) is 0 Å². The molecule has 0 radical (unpaired) electrons. The second-order valence-corrected chi connectivity index (χ2v) is 15.7. The molecule has 10 aromatic carbocycles. The lowest BCUT2D eigenvalue weighted by Crippen LogP contribution is -2.16. The number of nitrogens with zero attached hydrogens (tertiary/aromatic N) is 1. The van der Waals surface area contributed by atoms with E-state index in [2.05, 4.69) is 219 Å². The largest absolute Gasteiger partial charge is 0.310 e. The molecular formula is C55H39N. The fraction of sp³-hybridized carbons (Fsp3) is 0.0545. The number of hydrogen-bond donors (Lipinski definition) is 0. The predicted octanol–water partition coefficient (Wildman–Crippen LogP) is 15.4. The first-order valence-corrected chi connectivity index (χ1v) is 19.6. The monoisotopic (exact) mass is 713 g/mol. The first-order valence-electron chi connectivity index (χ1n) is 19.6. The highest BCUT2D eigenvalue weighted by Gasteiger charge is 2.35. The summed E-state index contributed by atoms with van der Waals surface area (Å²) in [7, 11) is 0. The van der Waals surface area contributed by atoms with Crippen molar-refractivity contribution in [3.63, 3.8) is 0 Å². The van der Waals surface area contributed by atoms with E-state index in [4.69, 9.17) is 0 Å². The number of hydrogen-bond acceptors (Lipinski definition) is 1. The molecule has 0 fully saturated rings. The van der Waals surface area contributed by atoms with Gasteiger partial charge in [0.2, 0.25) is 0 Å². The van der Waals surface area contributed by atoms with Crippen LogP contribution in [0, 0.1) is 0 Å². The molecule has 0 unspecified atom stereocenters. The van der Waals surface area contributed by atoms with Gasteiger partial charge in [0.15, 0.2) is 0 Å². The maximum atomic E-state index is 2.43. The summed E-state index contributed by atoms with van der Waals surface area (Å²) >= 11 is 0. The van der Waals surface area contributed by atoms with Crippen molar-refractivity contribution in [2.24, 2.45) is 0 Å². The maximum absolute atomic E-state index is 2.43. The standard InChI is InChI=1S/C55H39N/c1-55(2)51-23-8-7-20-49(51)50-33-32-44(35-52(50)55)56(43-17-9-16-41(34-43)46-21-10-14-36-12-3-5-18-45(36)46)42-30-28-38(29-31-42)48-22-11-15-39-26-27-40-25-24-37-13-4-6-19-47(37)54(40)53(39)48/h3-35H,1-2H3. The van der Waals surface area contributed by atoms with Crippen LogP contribution in [0.1, 0.15) is 25.0 Å². The molecule has 0 atom stereocenters. The minimum absolute atomic E-state index is 0.108. The highest BCUT2D eigenvalue weighted by atomic mass is 15.1. The van der Waals surface area contributed by atoms with Crippen LogP contribution in [-0.2, 0) is 5.41 Å². The average molecular weight is 714 g/mol. The molecule has 0 saturated heterocycles. The van der Waals surface area contributed by atoms with Gasteiger partial charge in [-0.25, -0.2) is 0 Å². The summed E-state index contributed by atoms with van der Waals surface area (Å²) in [5.74, 6) is 0. The normalized spacial score (nSPS) is 13.0. The van der Waals surface area contributed by atoms with Crippen LogP contribution in [0.3, 0.4) is 0 Å². The molecule has 0 spiro atoms. The van der Waals surface area contributed by atoms with Gasteiger partial charge in [0, 0.05) is 22.5 Å². The Morgan fingerprint density at radius 3 is 1.70 bits per heavy atom. The molecule has 10 aromatic rings. The summed E-state index contributed by atoms with van der Waals surface area (Å²) in [5, 5.41) is 10.2. The van der Waals surface area contributed by atoms with Gasteiger partial charge in [0.1, 0.15) is 0 Å². The van der Waals surface area contributed by atoms with E-state index in [0.29, 0.717) is 0 Å². The Morgan fingerprint density at radius 1 is 0.321 bits per heavy atom. The van der Waals surface area contributed by atoms with Crippen molar-refractivity contribution in [3.05, 3.63) is 211 Å². The lowest BCUT2D eigenvalue weighted by atomic mass is 9.82. The molecule has 1 aliphatic carbocycles. The van der Waals surface area contributed by atoms with Gasteiger partial charge < -0.3 is 4.90 Å². The lowest BCUT2D eigenvalue weighted by molar-refractivity contribution is 0.660. The molecule has 1 heteroatoms. The third kappa shape index (κ3) is 5.01. The van der Waals surface area contributed by atoms with Crippen molar-refractivity contribution in [3.8, 4) is 33.4 Å². The van der Waals surface area contributed by atoms with Crippen molar-refractivity contribution in [1.82, 2.24) is 0 Å². The van der Waals surface area contributed by atoms with Crippen LogP contribution in [0.4, 0.5) is 17.1 Å². The fourth-order valence-electron chi connectivity index (χ4n) is 9.47. The van der Waals surface area contributed by atoms with E-state index in [9.17, 15) is 0 Å². The van der Waals surface area contributed by atoms with Crippen LogP contribution in [0.25, 0.3) is 76.5 Å². The van der Waals surface area contributed by atoms with Gasteiger partial charge >= 0.3 is 0 Å². The first-order chi connectivity index (χ1) is 27.5. The molecule has 264 valence electrons. The molecule has 1 aliphatic rings. The van der Waals surface area contributed by atoms with Crippen molar-refractivity contribution >= 4 is 60.2 Å². The Morgan fingerprint density at radius 2 is 0.875 bits per heavy atom. The molecule has 56 heavy (non-hydrogen) atoms. The van der Waals surface area contributed by atoms with Crippen molar-refractivity contribution < 1.29 is 0 Å². The predicted molar refractivity (Wildman–Crippen MR) is 240 cm³/mol. The highest BCUT2D eigenvalue weighted by molar-refractivity contribution is 6.24. The average Bonchev–Trinajstić information content (AvgIpc) is 3.48. The lowest BCUT2D eigenvalue weighted by Gasteiger charge is -2.28. The Balaban J connectivity index is 1.09. The van der Waals surface area contributed by atoms with E-state index in [-0.39, 0.29) is 5.41 Å². The van der Waals surface area contributed by atoms with Crippen molar-refractivity contribution in [2.75, 3.05) is 4.90 Å². The van der Waals surface area contributed by atoms with Crippen LogP contribution in [0.15, 0.2) is 200 Å². The van der Waals surface area contributed by atoms with Crippen LogP contribution >= 0.6 is 0 Å². The quantitative estimate of drug-likeness (QED) is 0.161. The number of fused-ring (bicyclic) bond motifs is 9. The van der Waals surface area contributed by atoms with Crippen LogP contribution in [0.2, 0.25) is 0 Å². The van der Waals surface area contributed by atoms with Gasteiger partial charge in [-0.05, 0) is 124 Å². The zero-order valence-corrected chi connectivity index (χ0v) is 31.5. The fourth-order valence-corrected chi connectivity index (χ4v) is 9.47. The van der Waals surface area contributed by atoms with E-state index in [1.165, 1.54) is 87.6 Å². The Hall–Kier alpha value is -6.96. The zero-order chi connectivity index (χ0) is 37.4. The van der Waals surface area contributed by atoms with E-state index in [1.807, 2.05) is 0 Å². The molecule has 0 heterocycles. The first kappa shape index (κ1) is 32.5. The zero-order valence-electron chi connectivity index (χ0n) is 31.5. The van der Waals surface area contributed by atoms with Crippen LogP contribution < -0.4 is 4.90 Å². The molecule has 0 bridgehead atoms. The second kappa shape index (κ2) is 12.5. The molecule has 0 amide bonds. The summed E-state index contributed by atoms with van der Waals surface area (Å²) in [6.45, 7) is 4.72. The summed E-state index contributed by atoms with van der Waals surface area (Å²) in [6.07, 6.45) is 0. The van der Waals surface area contributed by atoms with Gasteiger partial charge in [0.25, 0.3) is 0 Å². The summed E-state index contributed by atoms with van der Waals surface area (Å²) in [6, 6.07) is 74.0. The number of benzene rings is 10. The summed E-state index contributed by atoms with van der Waals surface area (Å²) in [5.41, 5.74) is 13.6. The Kier molecular flexibility index (Phi) is 7.28. The van der Waals surface area contributed by atoms with Crippen molar-refractivity contribution in [1.29, 1.82) is 0 Å². The number of rotatable bonds is 5. The van der Waals surface area contributed by atoms with E-state index >= 15 is 0 Å².